The Morgan fingerprint density at radius 3 is 2.43 bits per heavy atom. The lowest BCUT2D eigenvalue weighted by molar-refractivity contribution is 0.0962. The van der Waals surface area contributed by atoms with Gasteiger partial charge in [0.15, 0.2) is 0 Å². The van der Waals surface area contributed by atoms with Crippen LogP contribution < -0.4 is 5.90 Å². The molecule has 0 atom stereocenters. The van der Waals surface area contributed by atoms with Crippen molar-refractivity contribution in [2.24, 2.45) is 5.90 Å². The molecule has 0 bridgehead atoms. The minimum atomic E-state index is -0.0213. The van der Waals surface area contributed by atoms with Crippen molar-refractivity contribution in [1.29, 1.82) is 0 Å². The molecule has 0 radical (unpaired) electrons. The third kappa shape index (κ3) is 2.34. The fraction of sp³-hybridized carbons (Fsp3) is 0.500. The zero-order chi connectivity index (χ0) is 10.8. The van der Waals surface area contributed by atoms with Crippen molar-refractivity contribution in [2.75, 3.05) is 6.61 Å². The van der Waals surface area contributed by atoms with Gasteiger partial charge in [-0.25, -0.2) is 5.90 Å². The third-order valence-corrected chi connectivity index (χ3v) is 2.56. The summed E-state index contributed by atoms with van der Waals surface area (Å²) < 4.78 is 0. The van der Waals surface area contributed by atoms with Crippen molar-refractivity contribution in [3.8, 4) is 0 Å². The summed E-state index contributed by atoms with van der Waals surface area (Å²) in [6.45, 7) is 9.04. The van der Waals surface area contributed by atoms with Crippen LogP contribution in [0.2, 0.25) is 0 Å². The van der Waals surface area contributed by atoms with E-state index in [1.54, 1.807) is 0 Å². The molecule has 0 amide bonds. The average Bonchev–Trinajstić information content (AvgIpc) is 2.02. The van der Waals surface area contributed by atoms with Crippen LogP contribution in [0, 0.1) is 13.8 Å². The molecule has 0 aliphatic rings. The Balaban J connectivity index is 3.06. The molecule has 14 heavy (non-hydrogen) atoms. The number of rotatable bonds is 3. The lowest BCUT2D eigenvalue weighted by Gasteiger charge is -2.25. The minimum absolute atomic E-state index is 0.0213. The quantitative estimate of drug-likeness (QED) is 0.748. The first-order chi connectivity index (χ1) is 6.47. The van der Waals surface area contributed by atoms with E-state index in [0.717, 1.165) is 0 Å². The van der Waals surface area contributed by atoms with Crippen LogP contribution in [0.4, 0.5) is 0 Å². The highest BCUT2D eigenvalue weighted by atomic mass is 16.6. The van der Waals surface area contributed by atoms with Gasteiger partial charge in [-0.1, -0.05) is 37.6 Å². The van der Waals surface area contributed by atoms with Gasteiger partial charge in [0, 0.05) is 5.41 Å². The maximum absolute atomic E-state index is 5.13. The van der Waals surface area contributed by atoms with Gasteiger partial charge >= 0.3 is 0 Å². The molecule has 0 unspecified atom stereocenters. The Labute approximate surface area is 86.0 Å². The molecule has 0 saturated carbocycles. The second kappa shape index (κ2) is 4.11. The number of nitrogens with two attached hydrogens (primary N) is 1. The molecular formula is C12H19NO. The van der Waals surface area contributed by atoms with E-state index in [4.69, 9.17) is 10.7 Å². The maximum Gasteiger partial charge on any atom is 0.0770 e. The van der Waals surface area contributed by atoms with Gasteiger partial charge in [0.25, 0.3) is 0 Å². The number of hydrogen-bond donors (Lipinski definition) is 1. The van der Waals surface area contributed by atoms with Gasteiger partial charge in [-0.3, -0.25) is 0 Å². The number of aryl methyl sites for hydroxylation is 2. The predicted molar refractivity (Wildman–Crippen MR) is 59.1 cm³/mol. The van der Waals surface area contributed by atoms with Crippen LogP contribution in [0.25, 0.3) is 0 Å². The summed E-state index contributed by atoms with van der Waals surface area (Å²) in [7, 11) is 0. The van der Waals surface area contributed by atoms with Gasteiger partial charge in [0.1, 0.15) is 0 Å². The van der Waals surface area contributed by atoms with Crippen molar-refractivity contribution >= 4 is 0 Å². The molecule has 1 aromatic rings. The van der Waals surface area contributed by atoms with Crippen LogP contribution in [0.3, 0.4) is 0 Å². The summed E-state index contributed by atoms with van der Waals surface area (Å²) >= 11 is 0. The second-order valence-corrected chi connectivity index (χ2v) is 4.51. The highest BCUT2D eigenvalue weighted by Crippen LogP contribution is 2.26. The molecule has 0 saturated heterocycles. The topological polar surface area (TPSA) is 35.2 Å². The van der Waals surface area contributed by atoms with Crippen LogP contribution >= 0.6 is 0 Å². The maximum atomic E-state index is 5.13. The van der Waals surface area contributed by atoms with E-state index in [1.807, 2.05) is 0 Å². The lowest BCUT2D eigenvalue weighted by Crippen LogP contribution is -2.27. The van der Waals surface area contributed by atoms with Crippen LogP contribution in [0.1, 0.15) is 30.5 Å². The third-order valence-electron chi connectivity index (χ3n) is 2.56. The fourth-order valence-corrected chi connectivity index (χ4v) is 1.86. The van der Waals surface area contributed by atoms with Gasteiger partial charge in [0.05, 0.1) is 6.61 Å². The molecule has 0 fully saturated rings. The van der Waals surface area contributed by atoms with Crippen LogP contribution in [-0.4, -0.2) is 6.61 Å². The Kier molecular flexibility index (Phi) is 3.29. The highest BCUT2D eigenvalue weighted by Gasteiger charge is 2.22. The van der Waals surface area contributed by atoms with E-state index in [1.165, 1.54) is 16.7 Å². The molecular weight excluding hydrogens is 174 g/mol. The minimum Gasteiger partial charge on any atom is -0.304 e. The lowest BCUT2D eigenvalue weighted by atomic mass is 9.82. The van der Waals surface area contributed by atoms with Crippen LogP contribution in [0.15, 0.2) is 18.2 Å². The smallest absolute Gasteiger partial charge is 0.0770 e. The summed E-state index contributed by atoms with van der Waals surface area (Å²) in [4.78, 5) is 4.75. The molecule has 1 rings (SSSR count). The van der Waals surface area contributed by atoms with E-state index >= 15 is 0 Å². The second-order valence-electron chi connectivity index (χ2n) is 4.51. The highest BCUT2D eigenvalue weighted by molar-refractivity contribution is 5.35. The van der Waals surface area contributed by atoms with Crippen molar-refractivity contribution in [1.82, 2.24) is 0 Å². The molecule has 2 heteroatoms. The molecule has 1 aromatic carbocycles. The molecule has 0 heterocycles. The van der Waals surface area contributed by atoms with E-state index in [-0.39, 0.29) is 5.41 Å². The average molecular weight is 193 g/mol. The van der Waals surface area contributed by atoms with Crippen molar-refractivity contribution < 1.29 is 4.84 Å². The van der Waals surface area contributed by atoms with Gasteiger partial charge in [-0.2, -0.15) is 0 Å². The summed E-state index contributed by atoms with van der Waals surface area (Å²) in [5.41, 5.74) is 3.86. The number of hydrogen-bond acceptors (Lipinski definition) is 2. The first-order valence-corrected chi connectivity index (χ1v) is 4.87. The van der Waals surface area contributed by atoms with E-state index in [2.05, 4.69) is 45.9 Å². The standard InChI is InChI=1S/C12H19NO/c1-9-5-6-11(10(2)7-9)12(3,4)8-14-13/h5-7H,8,13H2,1-4H3. The molecule has 0 spiro atoms. The Morgan fingerprint density at radius 1 is 1.29 bits per heavy atom. The van der Waals surface area contributed by atoms with Crippen molar-refractivity contribution in [3.05, 3.63) is 34.9 Å². The molecule has 2 N–H and O–H groups in total. The first-order valence-electron chi connectivity index (χ1n) is 4.87. The summed E-state index contributed by atoms with van der Waals surface area (Å²) in [6, 6.07) is 6.47. The first kappa shape index (κ1) is 11.2. The zero-order valence-electron chi connectivity index (χ0n) is 9.42. The van der Waals surface area contributed by atoms with Gasteiger partial charge in [0.2, 0.25) is 0 Å². The van der Waals surface area contributed by atoms with Crippen LogP contribution in [-0.2, 0) is 10.3 Å². The summed E-state index contributed by atoms with van der Waals surface area (Å²) in [5, 5.41) is 0. The normalized spacial score (nSPS) is 11.8. The van der Waals surface area contributed by atoms with E-state index < -0.39 is 0 Å². The van der Waals surface area contributed by atoms with Gasteiger partial charge in [-0.05, 0) is 25.0 Å². The van der Waals surface area contributed by atoms with Gasteiger partial charge in [-0.15, -0.1) is 0 Å². The summed E-state index contributed by atoms with van der Waals surface area (Å²) in [6.07, 6.45) is 0. The van der Waals surface area contributed by atoms with E-state index in [0.29, 0.717) is 6.61 Å². The molecule has 0 aliphatic heterocycles. The van der Waals surface area contributed by atoms with Crippen LogP contribution in [0.5, 0.6) is 0 Å². The molecule has 0 aromatic heterocycles. The molecule has 2 nitrogen and oxygen atoms in total. The SMILES string of the molecule is Cc1ccc(C(C)(C)CON)c(C)c1. The molecule has 0 aliphatic carbocycles. The zero-order valence-corrected chi connectivity index (χ0v) is 9.42. The Morgan fingerprint density at radius 2 is 1.93 bits per heavy atom. The number of benzene rings is 1. The van der Waals surface area contributed by atoms with Gasteiger partial charge < -0.3 is 4.84 Å². The van der Waals surface area contributed by atoms with E-state index in [9.17, 15) is 0 Å². The monoisotopic (exact) mass is 193 g/mol. The predicted octanol–water partition coefficient (Wildman–Crippen LogP) is 2.47. The van der Waals surface area contributed by atoms with Crippen molar-refractivity contribution in [2.45, 2.75) is 33.1 Å². The fourth-order valence-electron chi connectivity index (χ4n) is 1.86. The van der Waals surface area contributed by atoms with Crippen molar-refractivity contribution in [3.63, 3.8) is 0 Å². The Hall–Kier alpha value is -0.860. The largest absolute Gasteiger partial charge is 0.304 e. The Bertz CT molecular complexity index is 318. The molecule has 78 valence electrons. The summed E-state index contributed by atoms with van der Waals surface area (Å²) in [5.74, 6) is 5.13.